The van der Waals surface area contributed by atoms with E-state index < -0.39 is 6.10 Å². The van der Waals surface area contributed by atoms with E-state index in [4.69, 9.17) is 5.26 Å². The molecule has 1 rings (SSSR count). The van der Waals surface area contributed by atoms with E-state index in [0.717, 1.165) is 0 Å². The van der Waals surface area contributed by atoms with E-state index in [1.807, 2.05) is 13.8 Å². The van der Waals surface area contributed by atoms with Gasteiger partial charge in [0.15, 0.2) is 0 Å². The molecule has 4 heteroatoms. The van der Waals surface area contributed by atoms with E-state index >= 15 is 0 Å². The molecule has 0 bridgehead atoms. The van der Waals surface area contributed by atoms with Crippen molar-refractivity contribution in [2.24, 2.45) is 0 Å². The maximum Gasteiger partial charge on any atom is 0.129 e. The number of aliphatic hydroxyl groups is 1. The van der Waals surface area contributed by atoms with Crippen LogP contribution in [0.25, 0.3) is 0 Å². The zero-order valence-corrected chi connectivity index (χ0v) is 7.50. The van der Waals surface area contributed by atoms with Crippen LogP contribution >= 0.6 is 21.6 Å². The summed E-state index contributed by atoms with van der Waals surface area (Å²) in [5, 5.41) is 17.7. The summed E-state index contributed by atoms with van der Waals surface area (Å²) < 4.78 is -0.162. The van der Waals surface area contributed by atoms with E-state index in [-0.39, 0.29) is 10.00 Å². The minimum atomic E-state index is -0.493. The van der Waals surface area contributed by atoms with Gasteiger partial charge in [-0.2, -0.15) is 5.26 Å². The lowest BCUT2D eigenvalue weighted by molar-refractivity contribution is 0.155. The predicted molar refractivity (Wildman–Crippen MR) is 44.7 cm³/mol. The summed E-state index contributed by atoms with van der Waals surface area (Å²) in [6.07, 6.45) is -0.493. The van der Waals surface area contributed by atoms with E-state index in [0.29, 0.717) is 0 Å². The maximum atomic E-state index is 9.45. The number of hydrogen-bond donors (Lipinski definition) is 1. The SMILES string of the molecule is CC1(C)SSC(C#N)C1O. The molecule has 2 atom stereocenters. The monoisotopic (exact) mass is 175 g/mol. The summed E-state index contributed by atoms with van der Waals surface area (Å²) >= 11 is 0. The standard InChI is InChI=1S/C6H9NOS2/c1-6(2)5(8)4(3-7)9-10-6/h4-5,8H,1-2H3. The molecule has 0 aromatic rings. The third-order valence-electron chi connectivity index (χ3n) is 1.49. The fraction of sp³-hybridized carbons (Fsp3) is 0.833. The highest BCUT2D eigenvalue weighted by molar-refractivity contribution is 8.78. The second-order valence-electron chi connectivity index (χ2n) is 2.78. The lowest BCUT2D eigenvalue weighted by Gasteiger charge is -2.19. The van der Waals surface area contributed by atoms with Gasteiger partial charge in [-0.15, -0.1) is 0 Å². The number of nitriles is 1. The lowest BCUT2D eigenvalue weighted by atomic mass is 10.0. The molecule has 1 aliphatic rings. The van der Waals surface area contributed by atoms with E-state index in [2.05, 4.69) is 6.07 Å². The molecule has 0 aromatic heterocycles. The molecule has 0 aromatic carbocycles. The molecular formula is C6H9NOS2. The Morgan fingerprint density at radius 3 is 2.40 bits per heavy atom. The minimum Gasteiger partial charge on any atom is -0.389 e. The lowest BCUT2D eigenvalue weighted by Crippen LogP contribution is -2.33. The van der Waals surface area contributed by atoms with Crippen LogP contribution in [0, 0.1) is 11.3 Å². The van der Waals surface area contributed by atoms with Gasteiger partial charge in [-0.25, -0.2) is 0 Å². The number of nitrogens with zero attached hydrogens (tertiary/aromatic N) is 1. The smallest absolute Gasteiger partial charge is 0.129 e. The Hall–Kier alpha value is 0.150. The summed E-state index contributed by atoms with van der Waals surface area (Å²) in [5.74, 6) is 0. The van der Waals surface area contributed by atoms with Gasteiger partial charge in [0.1, 0.15) is 5.25 Å². The van der Waals surface area contributed by atoms with Crippen LogP contribution in [-0.2, 0) is 0 Å². The van der Waals surface area contributed by atoms with Crippen molar-refractivity contribution in [1.82, 2.24) is 0 Å². The molecule has 0 radical (unpaired) electrons. The number of rotatable bonds is 0. The molecule has 1 fully saturated rings. The molecule has 1 aliphatic heterocycles. The van der Waals surface area contributed by atoms with Crippen LogP contribution in [0.5, 0.6) is 0 Å². The normalized spacial score (nSPS) is 37.4. The molecule has 2 unspecified atom stereocenters. The highest BCUT2D eigenvalue weighted by Crippen LogP contribution is 2.50. The third kappa shape index (κ3) is 1.26. The Balaban J connectivity index is 2.69. The average molecular weight is 175 g/mol. The first-order valence-corrected chi connectivity index (χ1v) is 5.21. The molecule has 56 valence electrons. The Morgan fingerprint density at radius 1 is 1.60 bits per heavy atom. The van der Waals surface area contributed by atoms with Gasteiger partial charge in [0.05, 0.1) is 12.2 Å². The van der Waals surface area contributed by atoms with Gasteiger partial charge < -0.3 is 5.11 Å². The van der Waals surface area contributed by atoms with Crippen LogP contribution in [-0.4, -0.2) is 21.2 Å². The van der Waals surface area contributed by atoms with E-state index in [9.17, 15) is 5.11 Å². The first-order valence-electron chi connectivity index (χ1n) is 3.00. The molecule has 0 saturated carbocycles. The molecule has 0 amide bonds. The third-order valence-corrected chi connectivity index (χ3v) is 5.03. The summed E-state index contributed by atoms with van der Waals surface area (Å²) in [5.41, 5.74) is 0. The van der Waals surface area contributed by atoms with Crippen molar-refractivity contribution >= 4 is 21.6 Å². The van der Waals surface area contributed by atoms with Crippen molar-refractivity contribution in [2.45, 2.75) is 29.9 Å². The first kappa shape index (κ1) is 8.25. The number of aliphatic hydroxyl groups excluding tert-OH is 1. The van der Waals surface area contributed by atoms with Gasteiger partial charge in [0, 0.05) is 4.75 Å². The van der Waals surface area contributed by atoms with Gasteiger partial charge >= 0.3 is 0 Å². The van der Waals surface area contributed by atoms with Gasteiger partial charge in [0.25, 0.3) is 0 Å². The first-order chi connectivity index (χ1) is 4.58. The Kier molecular flexibility index (Phi) is 2.18. The van der Waals surface area contributed by atoms with E-state index in [1.54, 1.807) is 10.8 Å². The van der Waals surface area contributed by atoms with Crippen LogP contribution in [0.3, 0.4) is 0 Å². The highest BCUT2D eigenvalue weighted by Gasteiger charge is 2.42. The van der Waals surface area contributed by atoms with Crippen molar-refractivity contribution in [3.05, 3.63) is 0 Å². The van der Waals surface area contributed by atoms with Crippen molar-refractivity contribution in [2.75, 3.05) is 0 Å². The predicted octanol–water partition coefficient (Wildman–Crippen LogP) is 1.41. The summed E-state index contributed by atoms with van der Waals surface area (Å²) in [6, 6.07) is 2.06. The van der Waals surface area contributed by atoms with Gasteiger partial charge in [-0.1, -0.05) is 21.6 Å². The van der Waals surface area contributed by atoms with E-state index in [1.165, 1.54) is 10.8 Å². The Labute approximate surface area is 68.4 Å². The quantitative estimate of drug-likeness (QED) is 0.565. The second kappa shape index (κ2) is 2.65. The zero-order valence-electron chi connectivity index (χ0n) is 5.87. The van der Waals surface area contributed by atoms with Gasteiger partial charge in [0.2, 0.25) is 0 Å². The largest absolute Gasteiger partial charge is 0.389 e. The van der Waals surface area contributed by atoms with Crippen molar-refractivity contribution < 1.29 is 5.11 Å². The minimum absolute atomic E-state index is 0.162. The van der Waals surface area contributed by atoms with Crippen molar-refractivity contribution in [3.8, 4) is 6.07 Å². The Bertz CT molecular complexity index is 175. The molecule has 10 heavy (non-hydrogen) atoms. The summed E-state index contributed by atoms with van der Waals surface area (Å²) in [7, 11) is 3.05. The van der Waals surface area contributed by atoms with Crippen molar-refractivity contribution in [1.29, 1.82) is 5.26 Å². The van der Waals surface area contributed by atoms with Crippen LogP contribution in [0.15, 0.2) is 0 Å². The molecule has 1 heterocycles. The average Bonchev–Trinajstić information content (AvgIpc) is 2.10. The van der Waals surface area contributed by atoms with Gasteiger partial charge in [-0.05, 0) is 13.8 Å². The summed E-state index contributed by atoms with van der Waals surface area (Å²) in [4.78, 5) is 0. The second-order valence-corrected chi connectivity index (χ2v) is 5.77. The van der Waals surface area contributed by atoms with Crippen LogP contribution in [0.1, 0.15) is 13.8 Å². The van der Waals surface area contributed by atoms with Crippen molar-refractivity contribution in [3.63, 3.8) is 0 Å². The number of hydrogen-bond acceptors (Lipinski definition) is 4. The molecule has 1 saturated heterocycles. The van der Waals surface area contributed by atoms with Crippen LogP contribution in [0.4, 0.5) is 0 Å². The molecule has 2 nitrogen and oxygen atoms in total. The Morgan fingerprint density at radius 2 is 2.20 bits per heavy atom. The summed E-state index contributed by atoms with van der Waals surface area (Å²) in [6.45, 7) is 3.90. The zero-order chi connectivity index (χ0) is 7.78. The highest BCUT2D eigenvalue weighted by atomic mass is 33.1. The maximum absolute atomic E-state index is 9.45. The molecule has 1 N–H and O–H groups in total. The molecule has 0 spiro atoms. The fourth-order valence-corrected chi connectivity index (χ4v) is 3.69. The van der Waals surface area contributed by atoms with Crippen LogP contribution in [0.2, 0.25) is 0 Å². The fourth-order valence-electron chi connectivity index (χ4n) is 0.734. The molecular weight excluding hydrogens is 166 g/mol. The van der Waals surface area contributed by atoms with Crippen LogP contribution < -0.4 is 0 Å². The topological polar surface area (TPSA) is 44.0 Å². The molecule has 0 aliphatic carbocycles. The van der Waals surface area contributed by atoms with Gasteiger partial charge in [-0.3, -0.25) is 0 Å².